The third-order valence-electron chi connectivity index (χ3n) is 1.79. The molecule has 1 aromatic carbocycles. The van der Waals surface area contributed by atoms with Gasteiger partial charge in [-0.1, -0.05) is 0 Å². The molecule has 2 rings (SSSR count). The van der Waals surface area contributed by atoms with Gasteiger partial charge in [-0.3, -0.25) is 0 Å². The van der Waals surface area contributed by atoms with Crippen molar-refractivity contribution in [3.63, 3.8) is 0 Å². The van der Waals surface area contributed by atoms with E-state index in [1.807, 2.05) is 0 Å². The van der Waals surface area contributed by atoms with E-state index in [0.29, 0.717) is 17.5 Å². The van der Waals surface area contributed by atoms with Crippen molar-refractivity contribution < 1.29 is 9.13 Å². The van der Waals surface area contributed by atoms with Gasteiger partial charge < -0.3 is 10.5 Å². The Morgan fingerprint density at radius 3 is 2.75 bits per heavy atom. The van der Waals surface area contributed by atoms with Crippen molar-refractivity contribution in [1.29, 1.82) is 0 Å². The highest BCUT2D eigenvalue weighted by Crippen LogP contribution is 2.30. The Morgan fingerprint density at radius 1 is 1.42 bits per heavy atom. The maximum atomic E-state index is 12.6. The quantitative estimate of drug-likeness (QED) is 0.683. The summed E-state index contributed by atoms with van der Waals surface area (Å²) in [4.78, 5) is 0. The molecule has 12 heavy (non-hydrogen) atoms. The predicted molar refractivity (Wildman–Crippen MR) is 44.5 cm³/mol. The fourth-order valence-electron chi connectivity index (χ4n) is 0.992. The first-order valence-corrected chi connectivity index (χ1v) is 3.97. The molecule has 0 aliphatic heterocycles. The van der Waals surface area contributed by atoms with Crippen LogP contribution < -0.4 is 10.5 Å². The van der Waals surface area contributed by atoms with Crippen molar-refractivity contribution >= 4 is 5.69 Å². The first-order chi connectivity index (χ1) is 5.75. The Labute approximate surface area is 70.1 Å². The largest absolute Gasteiger partial charge is 0.488 e. The number of hydrogen-bond acceptors (Lipinski definition) is 2. The summed E-state index contributed by atoms with van der Waals surface area (Å²) in [6.45, 7) is 0. The zero-order valence-corrected chi connectivity index (χ0v) is 6.59. The first-order valence-electron chi connectivity index (χ1n) is 3.97. The minimum absolute atomic E-state index is 0.303. The van der Waals surface area contributed by atoms with Gasteiger partial charge in [0.1, 0.15) is 11.6 Å². The van der Waals surface area contributed by atoms with Crippen LogP contribution in [0.1, 0.15) is 12.8 Å². The molecule has 0 amide bonds. The molecule has 0 spiro atoms. The van der Waals surface area contributed by atoms with E-state index in [9.17, 15) is 4.39 Å². The molecule has 0 bridgehead atoms. The van der Waals surface area contributed by atoms with Crippen molar-refractivity contribution in [2.45, 2.75) is 18.9 Å². The van der Waals surface area contributed by atoms with E-state index in [4.69, 9.17) is 10.5 Å². The van der Waals surface area contributed by atoms with Gasteiger partial charge in [0.2, 0.25) is 0 Å². The third kappa shape index (κ3) is 1.49. The summed E-state index contributed by atoms with van der Waals surface area (Å²) in [5, 5.41) is 0. The molecule has 1 saturated carbocycles. The predicted octanol–water partition coefficient (Wildman–Crippen LogP) is 1.95. The van der Waals surface area contributed by atoms with E-state index in [0.717, 1.165) is 12.8 Å². The van der Waals surface area contributed by atoms with Crippen LogP contribution in [-0.4, -0.2) is 6.10 Å². The number of nitrogens with two attached hydrogens (primary N) is 1. The minimum atomic E-state index is -0.323. The number of anilines is 1. The van der Waals surface area contributed by atoms with E-state index < -0.39 is 0 Å². The molecule has 0 heterocycles. The fourth-order valence-corrected chi connectivity index (χ4v) is 0.992. The molecule has 0 atom stereocenters. The third-order valence-corrected chi connectivity index (χ3v) is 1.79. The minimum Gasteiger partial charge on any atom is -0.488 e. The highest BCUT2D eigenvalue weighted by molar-refractivity contribution is 5.52. The van der Waals surface area contributed by atoms with Crippen molar-refractivity contribution in [3.05, 3.63) is 24.0 Å². The van der Waals surface area contributed by atoms with Gasteiger partial charge in [-0.15, -0.1) is 0 Å². The highest BCUT2D eigenvalue weighted by atomic mass is 19.1. The normalized spacial score (nSPS) is 16.1. The van der Waals surface area contributed by atoms with Crippen molar-refractivity contribution in [3.8, 4) is 5.75 Å². The van der Waals surface area contributed by atoms with Crippen LogP contribution in [0.25, 0.3) is 0 Å². The average molecular weight is 167 g/mol. The van der Waals surface area contributed by atoms with Crippen LogP contribution >= 0.6 is 0 Å². The van der Waals surface area contributed by atoms with Gasteiger partial charge in [0.25, 0.3) is 0 Å². The Morgan fingerprint density at radius 2 is 2.17 bits per heavy atom. The Kier molecular flexibility index (Phi) is 1.64. The lowest BCUT2D eigenvalue weighted by molar-refractivity contribution is 0.304. The SMILES string of the molecule is Nc1cc(F)ccc1OC1CC1. The van der Waals surface area contributed by atoms with Crippen LogP contribution in [0.2, 0.25) is 0 Å². The number of hydrogen-bond donors (Lipinski definition) is 1. The van der Waals surface area contributed by atoms with Crippen LogP contribution in [-0.2, 0) is 0 Å². The first kappa shape index (κ1) is 7.40. The van der Waals surface area contributed by atoms with E-state index in [2.05, 4.69) is 0 Å². The fraction of sp³-hybridized carbons (Fsp3) is 0.333. The van der Waals surface area contributed by atoms with Gasteiger partial charge in [-0.25, -0.2) is 4.39 Å². The lowest BCUT2D eigenvalue weighted by atomic mass is 10.3. The molecule has 0 unspecified atom stereocenters. The molecule has 64 valence electrons. The monoisotopic (exact) mass is 167 g/mol. The number of halogens is 1. The number of ether oxygens (including phenoxy) is 1. The Bertz CT molecular complexity index is 297. The summed E-state index contributed by atoms with van der Waals surface area (Å²) in [6.07, 6.45) is 2.46. The molecule has 3 heteroatoms. The van der Waals surface area contributed by atoms with Gasteiger partial charge in [0.15, 0.2) is 0 Å². The van der Waals surface area contributed by atoms with E-state index >= 15 is 0 Å². The van der Waals surface area contributed by atoms with Gasteiger partial charge >= 0.3 is 0 Å². The summed E-state index contributed by atoms with van der Waals surface area (Å²) >= 11 is 0. The maximum absolute atomic E-state index is 12.6. The van der Waals surface area contributed by atoms with Crippen molar-refractivity contribution in [2.24, 2.45) is 0 Å². The van der Waals surface area contributed by atoms with Crippen LogP contribution in [0, 0.1) is 5.82 Å². The van der Waals surface area contributed by atoms with Gasteiger partial charge in [-0.05, 0) is 25.0 Å². The summed E-state index contributed by atoms with van der Waals surface area (Å²) < 4.78 is 18.0. The molecule has 1 fully saturated rings. The molecule has 0 saturated heterocycles. The molecule has 0 radical (unpaired) electrons. The Balaban J connectivity index is 2.18. The van der Waals surface area contributed by atoms with Crippen molar-refractivity contribution in [1.82, 2.24) is 0 Å². The summed E-state index contributed by atoms with van der Waals surface area (Å²) in [5.74, 6) is 0.273. The summed E-state index contributed by atoms with van der Waals surface area (Å²) in [6, 6.07) is 4.20. The standard InChI is InChI=1S/C9H10FNO/c10-6-1-4-9(8(11)5-6)12-7-2-3-7/h1,4-5,7H,2-3,11H2. The lowest BCUT2D eigenvalue weighted by Gasteiger charge is -2.06. The molecule has 2 N–H and O–H groups in total. The van der Waals surface area contributed by atoms with Crippen LogP contribution in [0.4, 0.5) is 10.1 Å². The topological polar surface area (TPSA) is 35.2 Å². The van der Waals surface area contributed by atoms with Gasteiger partial charge in [0, 0.05) is 6.07 Å². The average Bonchev–Trinajstić information content (AvgIpc) is 2.79. The molecule has 1 aromatic rings. The summed E-state index contributed by atoms with van der Waals surface area (Å²) in [5.41, 5.74) is 5.91. The molecule has 1 aliphatic rings. The second-order valence-electron chi connectivity index (χ2n) is 3.00. The zero-order valence-electron chi connectivity index (χ0n) is 6.59. The van der Waals surface area contributed by atoms with Gasteiger partial charge in [-0.2, -0.15) is 0 Å². The van der Waals surface area contributed by atoms with E-state index in [-0.39, 0.29) is 5.82 Å². The van der Waals surface area contributed by atoms with Crippen LogP contribution in [0.3, 0.4) is 0 Å². The van der Waals surface area contributed by atoms with Crippen LogP contribution in [0.15, 0.2) is 18.2 Å². The molecule has 0 aromatic heterocycles. The Hall–Kier alpha value is -1.25. The molecular weight excluding hydrogens is 157 g/mol. The number of benzene rings is 1. The van der Waals surface area contributed by atoms with E-state index in [1.165, 1.54) is 12.1 Å². The lowest BCUT2D eigenvalue weighted by Crippen LogP contribution is -1.99. The zero-order chi connectivity index (χ0) is 8.55. The van der Waals surface area contributed by atoms with Crippen molar-refractivity contribution in [2.75, 3.05) is 5.73 Å². The van der Waals surface area contributed by atoms with Gasteiger partial charge in [0.05, 0.1) is 11.8 Å². The summed E-state index contributed by atoms with van der Waals surface area (Å²) in [7, 11) is 0. The second-order valence-corrected chi connectivity index (χ2v) is 3.00. The second kappa shape index (κ2) is 2.66. The molecular formula is C9H10FNO. The maximum Gasteiger partial charge on any atom is 0.142 e. The number of rotatable bonds is 2. The number of nitrogen functional groups attached to an aromatic ring is 1. The van der Waals surface area contributed by atoms with E-state index in [1.54, 1.807) is 6.07 Å². The molecule has 2 nitrogen and oxygen atoms in total. The smallest absolute Gasteiger partial charge is 0.142 e. The van der Waals surface area contributed by atoms with Crippen LogP contribution in [0.5, 0.6) is 5.75 Å². The highest BCUT2D eigenvalue weighted by Gasteiger charge is 2.24. The molecule has 1 aliphatic carbocycles.